The smallest absolute Gasteiger partial charge is 0.182 e. The van der Waals surface area contributed by atoms with Crippen LogP contribution in [0, 0.1) is 0 Å². The van der Waals surface area contributed by atoms with Crippen LogP contribution in [0.4, 0.5) is 0 Å². The molecule has 0 N–H and O–H groups in total. The first-order chi connectivity index (χ1) is 9.59. The Morgan fingerprint density at radius 2 is 1.85 bits per heavy atom. The molecule has 0 amide bonds. The normalized spacial score (nSPS) is 20.9. The van der Waals surface area contributed by atoms with E-state index >= 15 is 0 Å². The maximum atomic E-state index is 12.9. The number of nitrogens with zero attached hydrogens (tertiary/aromatic N) is 1. The number of ketones is 1. The second-order valence-corrected chi connectivity index (χ2v) is 6.84. The van der Waals surface area contributed by atoms with E-state index in [9.17, 15) is 4.79 Å². The van der Waals surface area contributed by atoms with Crippen LogP contribution in [0.5, 0.6) is 0 Å². The largest absolute Gasteiger partial charge is 0.292 e. The Kier molecular flexibility index (Phi) is 3.68. The SMILES string of the molecule is CC(C)(C(=O)c1cccc(C2CCC2)c1)N1CCCC1. The van der Waals surface area contributed by atoms with Gasteiger partial charge < -0.3 is 0 Å². The molecule has 1 saturated carbocycles. The monoisotopic (exact) mass is 271 g/mol. The Bertz CT molecular complexity index is 496. The van der Waals surface area contributed by atoms with Gasteiger partial charge in [0.25, 0.3) is 0 Å². The van der Waals surface area contributed by atoms with Crippen LogP contribution in [0.25, 0.3) is 0 Å². The van der Waals surface area contributed by atoms with Crippen molar-refractivity contribution in [2.24, 2.45) is 0 Å². The van der Waals surface area contributed by atoms with Crippen LogP contribution in [0.1, 0.15) is 67.8 Å². The van der Waals surface area contributed by atoms with Gasteiger partial charge in [0.15, 0.2) is 5.78 Å². The molecule has 1 aliphatic heterocycles. The Balaban J connectivity index is 1.82. The first-order valence-electron chi connectivity index (χ1n) is 7.99. The highest BCUT2D eigenvalue weighted by Crippen LogP contribution is 2.37. The number of carbonyl (C=O) groups is 1. The third-order valence-electron chi connectivity index (χ3n) is 5.18. The van der Waals surface area contributed by atoms with Gasteiger partial charge >= 0.3 is 0 Å². The molecule has 2 heteroatoms. The molecule has 0 spiro atoms. The Morgan fingerprint density at radius 1 is 1.15 bits per heavy atom. The van der Waals surface area contributed by atoms with Gasteiger partial charge in [-0.1, -0.05) is 24.6 Å². The van der Waals surface area contributed by atoms with Crippen molar-refractivity contribution in [2.75, 3.05) is 13.1 Å². The molecule has 2 fully saturated rings. The minimum atomic E-state index is -0.366. The number of likely N-dealkylation sites (tertiary alicyclic amines) is 1. The van der Waals surface area contributed by atoms with Crippen LogP contribution in [0.3, 0.4) is 0 Å². The fraction of sp³-hybridized carbons (Fsp3) is 0.611. The highest BCUT2D eigenvalue weighted by Gasteiger charge is 2.36. The van der Waals surface area contributed by atoms with Crippen molar-refractivity contribution in [2.45, 2.75) is 57.4 Å². The van der Waals surface area contributed by atoms with E-state index in [1.165, 1.54) is 37.7 Å². The summed E-state index contributed by atoms with van der Waals surface area (Å²) >= 11 is 0. The predicted octanol–water partition coefficient (Wildman–Crippen LogP) is 4.01. The zero-order valence-electron chi connectivity index (χ0n) is 12.7. The fourth-order valence-corrected chi connectivity index (χ4v) is 3.45. The minimum absolute atomic E-state index is 0.278. The summed E-state index contributed by atoms with van der Waals surface area (Å²) < 4.78 is 0. The van der Waals surface area contributed by atoms with Crippen LogP contribution in [0.15, 0.2) is 24.3 Å². The number of benzene rings is 1. The van der Waals surface area contributed by atoms with Crippen molar-refractivity contribution in [3.63, 3.8) is 0 Å². The minimum Gasteiger partial charge on any atom is -0.292 e. The van der Waals surface area contributed by atoms with Crippen molar-refractivity contribution >= 4 is 5.78 Å². The molecular weight excluding hydrogens is 246 g/mol. The molecule has 1 aromatic carbocycles. The third kappa shape index (κ3) is 2.42. The summed E-state index contributed by atoms with van der Waals surface area (Å²) in [6, 6.07) is 8.37. The van der Waals surface area contributed by atoms with E-state index in [0.29, 0.717) is 5.92 Å². The summed E-state index contributed by atoms with van der Waals surface area (Å²) in [6.07, 6.45) is 6.35. The van der Waals surface area contributed by atoms with Gasteiger partial charge in [0, 0.05) is 5.56 Å². The summed E-state index contributed by atoms with van der Waals surface area (Å²) in [7, 11) is 0. The molecule has 0 unspecified atom stereocenters. The molecule has 0 atom stereocenters. The van der Waals surface area contributed by atoms with E-state index in [4.69, 9.17) is 0 Å². The maximum absolute atomic E-state index is 12.9. The molecule has 20 heavy (non-hydrogen) atoms. The quantitative estimate of drug-likeness (QED) is 0.771. The lowest BCUT2D eigenvalue weighted by molar-refractivity contribution is 0.0702. The van der Waals surface area contributed by atoms with Gasteiger partial charge in [0.2, 0.25) is 0 Å². The van der Waals surface area contributed by atoms with Gasteiger partial charge in [-0.05, 0) is 70.2 Å². The molecule has 0 bridgehead atoms. The highest BCUT2D eigenvalue weighted by atomic mass is 16.1. The lowest BCUT2D eigenvalue weighted by Crippen LogP contribution is -2.48. The third-order valence-corrected chi connectivity index (χ3v) is 5.18. The first-order valence-corrected chi connectivity index (χ1v) is 7.99. The predicted molar refractivity (Wildman–Crippen MR) is 82.3 cm³/mol. The number of hydrogen-bond donors (Lipinski definition) is 0. The number of rotatable bonds is 4. The van der Waals surface area contributed by atoms with Gasteiger partial charge in [-0.15, -0.1) is 0 Å². The average Bonchev–Trinajstić information content (AvgIpc) is 2.90. The second-order valence-electron chi connectivity index (χ2n) is 6.84. The fourth-order valence-electron chi connectivity index (χ4n) is 3.45. The van der Waals surface area contributed by atoms with E-state index < -0.39 is 0 Å². The summed E-state index contributed by atoms with van der Waals surface area (Å²) in [6.45, 7) is 6.27. The van der Waals surface area contributed by atoms with Crippen molar-refractivity contribution in [3.05, 3.63) is 35.4 Å². The summed E-state index contributed by atoms with van der Waals surface area (Å²) in [5.74, 6) is 0.971. The number of hydrogen-bond acceptors (Lipinski definition) is 2. The Labute approximate surface area is 122 Å². The summed E-state index contributed by atoms with van der Waals surface area (Å²) in [5.41, 5.74) is 1.89. The van der Waals surface area contributed by atoms with Crippen molar-refractivity contribution in [1.29, 1.82) is 0 Å². The van der Waals surface area contributed by atoms with Crippen LogP contribution in [-0.2, 0) is 0 Å². The van der Waals surface area contributed by atoms with Gasteiger partial charge in [-0.2, -0.15) is 0 Å². The average molecular weight is 271 g/mol. The molecule has 0 radical (unpaired) electrons. The molecule has 0 aromatic heterocycles. The maximum Gasteiger partial charge on any atom is 0.182 e. The molecular formula is C18H25NO. The number of carbonyl (C=O) groups excluding carboxylic acids is 1. The summed E-state index contributed by atoms with van der Waals surface area (Å²) in [4.78, 5) is 15.2. The zero-order valence-corrected chi connectivity index (χ0v) is 12.7. The van der Waals surface area contributed by atoms with Crippen molar-refractivity contribution < 1.29 is 4.79 Å². The molecule has 3 rings (SSSR count). The van der Waals surface area contributed by atoms with E-state index in [1.807, 2.05) is 6.07 Å². The van der Waals surface area contributed by atoms with Crippen LogP contribution >= 0.6 is 0 Å². The molecule has 1 aliphatic carbocycles. The highest BCUT2D eigenvalue weighted by molar-refractivity contribution is 6.02. The molecule has 1 heterocycles. The van der Waals surface area contributed by atoms with E-state index in [1.54, 1.807) is 0 Å². The van der Waals surface area contributed by atoms with Crippen molar-refractivity contribution in [3.8, 4) is 0 Å². The zero-order chi connectivity index (χ0) is 14.2. The van der Waals surface area contributed by atoms with E-state index in [0.717, 1.165) is 18.7 Å². The lowest BCUT2D eigenvalue weighted by Gasteiger charge is -2.34. The first kappa shape index (κ1) is 13.8. The van der Waals surface area contributed by atoms with E-state index in [-0.39, 0.29) is 11.3 Å². The molecule has 1 saturated heterocycles. The lowest BCUT2D eigenvalue weighted by atomic mass is 9.79. The van der Waals surface area contributed by atoms with Crippen LogP contribution in [0.2, 0.25) is 0 Å². The molecule has 1 aromatic rings. The Morgan fingerprint density at radius 3 is 2.45 bits per heavy atom. The Hall–Kier alpha value is -1.15. The van der Waals surface area contributed by atoms with Crippen LogP contribution < -0.4 is 0 Å². The van der Waals surface area contributed by atoms with Gasteiger partial charge in [0.1, 0.15) is 0 Å². The molecule has 108 valence electrons. The standard InChI is InChI=1S/C18H25NO/c1-18(2,19-11-3-4-12-19)17(20)16-10-6-9-15(13-16)14-7-5-8-14/h6,9-10,13-14H,3-5,7-8,11-12H2,1-2H3. The second kappa shape index (κ2) is 5.33. The van der Waals surface area contributed by atoms with Gasteiger partial charge in [-0.25, -0.2) is 0 Å². The topological polar surface area (TPSA) is 20.3 Å². The summed E-state index contributed by atoms with van der Waals surface area (Å²) in [5, 5.41) is 0. The van der Waals surface area contributed by atoms with Gasteiger partial charge in [-0.3, -0.25) is 9.69 Å². The molecule has 2 aliphatic rings. The van der Waals surface area contributed by atoms with Crippen LogP contribution in [-0.4, -0.2) is 29.3 Å². The van der Waals surface area contributed by atoms with Gasteiger partial charge in [0.05, 0.1) is 5.54 Å². The van der Waals surface area contributed by atoms with E-state index in [2.05, 4.69) is 36.9 Å². The van der Waals surface area contributed by atoms with Crippen molar-refractivity contribution in [1.82, 2.24) is 4.90 Å². The number of Topliss-reactive ketones (excluding diaryl/α,β-unsaturated/α-hetero) is 1. The molecule has 2 nitrogen and oxygen atoms in total.